The number of hydrogen-bond donors (Lipinski definition) is 2. The van der Waals surface area contributed by atoms with E-state index in [1.165, 1.54) is 0 Å². The van der Waals surface area contributed by atoms with Gasteiger partial charge in [-0.05, 0) is 30.6 Å². The number of carbonyl (C=O) groups is 1. The number of thiazole rings is 1. The van der Waals surface area contributed by atoms with E-state index in [0.29, 0.717) is 13.0 Å². The molecule has 0 unspecified atom stereocenters. The van der Waals surface area contributed by atoms with Crippen LogP contribution in [0.25, 0.3) is 10.2 Å². The van der Waals surface area contributed by atoms with Crippen molar-refractivity contribution in [2.45, 2.75) is 19.0 Å². The van der Waals surface area contributed by atoms with E-state index in [1.54, 1.807) is 23.1 Å². The first-order valence-corrected chi connectivity index (χ1v) is 8.28. The first-order chi connectivity index (χ1) is 9.20. The van der Waals surface area contributed by atoms with Crippen LogP contribution in [0.3, 0.4) is 0 Å². The molecule has 4 nitrogen and oxygen atoms in total. The lowest BCUT2D eigenvalue weighted by molar-refractivity contribution is -0.122. The molecular formula is C13H18ClN3OS2. The fourth-order valence-corrected chi connectivity index (χ4v) is 3.06. The Hall–Kier alpha value is -0.820. The number of amides is 1. The summed E-state index contributed by atoms with van der Waals surface area (Å²) in [5, 5.41) is 3.75. The lowest BCUT2D eigenvalue weighted by atomic mass is 10.2. The zero-order chi connectivity index (χ0) is 13.7. The number of thioether (sulfide) groups is 1. The molecule has 1 amide bonds. The van der Waals surface area contributed by atoms with Crippen molar-refractivity contribution in [1.82, 2.24) is 10.3 Å². The van der Waals surface area contributed by atoms with Gasteiger partial charge >= 0.3 is 0 Å². The average molecular weight is 332 g/mol. The van der Waals surface area contributed by atoms with E-state index in [9.17, 15) is 4.79 Å². The van der Waals surface area contributed by atoms with Gasteiger partial charge in [-0.3, -0.25) is 4.79 Å². The summed E-state index contributed by atoms with van der Waals surface area (Å²) in [7, 11) is 0. The van der Waals surface area contributed by atoms with Crippen molar-refractivity contribution in [3.63, 3.8) is 0 Å². The van der Waals surface area contributed by atoms with Gasteiger partial charge in [-0.2, -0.15) is 11.8 Å². The first kappa shape index (κ1) is 17.2. The number of para-hydroxylation sites is 1. The van der Waals surface area contributed by atoms with E-state index in [1.807, 2.05) is 30.5 Å². The minimum atomic E-state index is -0.429. The molecule has 110 valence electrons. The SMILES string of the molecule is CSCC[C@H](N)C(=O)NCc1nc2ccccc2s1.Cl. The van der Waals surface area contributed by atoms with Crippen molar-refractivity contribution < 1.29 is 4.79 Å². The van der Waals surface area contributed by atoms with Gasteiger partial charge in [-0.15, -0.1) is 23.7 Å². The zero-order valence-electron chi connectivity index (χ0n) is 11.2. The van der Waals surface area contributed by atoms with Gasteiger partial charge in [-0.1, -0.05) is 12.1 Å². The number of fused-ring (bicyclic) bond motifs is 1. The van der Waals surface area contributed by atoms with Gasteiger partial charge in [0.2, 0.25) is 5.91 Å². The molecule has 0 aliphatic rings. The zero-order valence-corrected chi connectivity index (χ0v) is 13.6. The molecule has 2 aromatic rings. The molecule has 0 radical (unpaired) electrons. The first-order valence-electron chi connectivity index (χ1n) is 6.07. The Labute approximate surface area is 132 Å². The summed E-state index contributed by atoms with van der Waals surface area (Å²) in [6.07, 6.45) is 2.71. The lowest BCUT2D eigenvalue weighted by Crippen LogP contribution is -2.40. The second kappa shape index (κ2) is 8.46. The minimum absolute atomic E-state index is 0. The van der Waals surface area contributed by atoms with Crippen molar-refractivity contribution in [1.29, 1.82) is 0 Å². The number of nitrogens with one attached hydrogen (secondary N) is 1. The molecule has 0 spiro atoms. The van der Waals surface area contributed by atoms with Crippen LogP contribution in [0, 0.1) is 0 Å². The van der Waals surface area contributed by atoms with Gasteiger partial charge in [0.05, 0.1) is 22.8 Å². The fraction of sp³-hybridized carbons (Fsp3) is 0.385. The number of aromatic nitrogens is 1. The number of halogens is 1. The maximum atomic E-state index is 11.8. The average Bonchev–Trinajstić information content (AvgIpc) is 2.84. The minimum Gasteiger partial charge on any atom is -0.348 e. The number of carbonyl (C=O) groups excluding carboxylic acids is 1. The van der Waals surface area contributed by atoms with E-state index >= 15 is 0 Å². The van der Waals surface area contributed by atoms with Gasteiger partial charge in [0.1, 0.15) is 5.01 Å². The normalized spacial score (nSPS) is 11.9. The van der Waals surface area contributed by atoms with Crippen LogP contribution in [0.15, 0.2) is 24.3 Å². The summed E-state index contributed by atoms with van der Waals surface area (Å²) >= 11 is 3.29. The Morgan fingerprint density at radius 3 is 2.95 bits per heavy atom. The maximum Gasteiger partial charge on any atom is 0.237 e. The molecule has 20 heavy (non-hydrogen) atoms. The van der Waals surface area contributed by atoms with Gasteiger partial charge in [0.25, 0.3) is 0 Å². The van der Waals surface area contributed by atoms with Crippen molar-refractivity contribution in [2.75, 3.05) is 12.0 Å². The van der Waals surface area contributed by atoms with E-state index in [2.05, 4.69) is 10.3 Å². The second-order valence-electron chi connectivity index (χ2n) is 4.18. The van der Waals surface area contributed by atoms with E-state index in [0.717, 1.165) is 21.0 Å². The predicted molar refractivity (Wildman–Crippen MR) is 89.7 cm³/mol. The van der Waals surface area contributed by atoms with Gasteiger partial charge in [0, 0.05) is 0 Å². The molecule has 0 bridgehead atoms. The van der Waals surface area contributed by atoms with Crippen LogP contribution in [0.2, 0.25) is 0 Å². The highest BCUT2D eigenvalue weighted by Gasteiger charge is 2.13. The topological polar surface area (TPSA) is 68.0 Å². The van der Waals surface area contributed by atoms with E-state index in [-0.39, 0.29) is 18.3 Å². The molecule has 7 heteroatoms. The van der Waals surface area contributed by atoms with E-state index < -0.39 is 6.04 Å². The van der Waals surface area contributed by atoms with Crippen LogP contribution in [-0.4, -0.2) is 28.9 Å². The lowest BCUT2D eigenvalue weighted by Gasteiger charge is -2.10. The van der Waals surface area contributed by atoms with Gasteiger partial charge in [-0.25, -0.2) is 4.98 Å². The third kappa shape index (κ3) is 4.63. The summed E-state index contributed by atoms with van der Waals surface area (Å²) in [6, 6.07) is 7.52. The van der Waals surface area contributed by atoms with Crippen molar-refractivity contribution >= 4 is 51.6 Å². The van der Waals surface area contributed by atoms with Crippen molar-refractivity contribution in [3.05, 3.63) is 29.3 Å². The second-order valence-corrected chi connectivity index (χ2v) is 6.28. The van der Waals surface area contributed by atoms with Crippen LogP contribution >= 0.6 is 35.5 Å². The van der Waals surface area contributed by atoms with Crippen molar-refractivity contribution in [3.8, 4) is 0 Å². The number of rotatable bonds is 6. The maximum absolute atomic E-state index is 11.8. The highest BCUT2D eigenvalue weighted by molar-refractivity contribution is 7.98. The van der Waals surface area contributed by atoms with Crippen LogP contribution < -0.4 is 11.1 Å². The van der Waals surface area contributed by atoms with E-state index in [4.69, 9.17) is 5.73 Å². The number of benzene rings is 1. The molecule has 0 aliphatic carbocycles. The van der Waals surface area contributed by atoms with Crippen molar-refractivity contribution in [2.24, 2.45) is 5.73 Å². The van der Waals surface area contributed by atoms with Gasteiger partial charge < -0.3 is 11.1 Å². The monoisotopic (exact) mass is 331 g/mol. The highest BCUT2D eigenvalue weighted by atomic mass is 35.5. The standard InChI is InChI=1S/C13H17N3OS2.ClH/c1-18-7-6-9(14)13(17)15-8-12-16-10-4-2-3-5-11(10)19-12;/h2-5,9H,6-8,14H2,1H3,(H,15,17);1H/t9-;/m0./s1. The number of nitrogens with two attached hydrogens (primary N) is 1. The molecule has 0 fully saturated rings. The molecular weight excluding hydrogens is 314 g/mol. The molecule has 2 rings (SSSR count). The Kier molecular flexibility index (Phi) is 7.29. The Morgan fingerprint density at radius 2 is 2.25 bits per heavy atom. The molecule has 1 aromatic carbocycles. The molecule has 0 saturated carbocycles. The smallest absolute Gasteiger partial charge is 0.237 e. The third-order valence-electron chi connectivity index (χ3n) is 2.72. The van der Waals surface area contributed by atoms with Crippen LogP contribution in [0.5, 0.6) is 0 Å². The van der Waals surface area contributed by atoms with Crippen LogP contribution in [0.1, 0.15) is 11.4 Å². The molecule has 1 atom stereocenters. The molecule has 1 aromatic heterocycles. The Morgan fingerprint density at radius 1 is 1.50 bits per heavy atom. The predicted octanol–water partition coefficient (Wildman–Crippen LogP) is 2.41. The summed E-state index contributed by atoms with van der Waals surface area (Å²) in [4.78, 5) is 16.2. The highest BCUT2D eigenvalue weighted by Crippen LogP contribution is 2.21. The quantitative estimate of drug-likeness (QED) is 0.853. The molecule has 1 heterocycles. The molecule has 3 N–H and O–H groups in total. The Bertz CT molecular complexity index is 528. The van der Waals surface area contributed by atoms with Crippen LogP contribution in [0.4, 0.5) is 0 Å². The molecule has 0 aliphatic heterocycles. The number of nitrogens with zero attached hydrogens (tertiary/aromatic N) is 1. The van der Waals surface area contributed by atoms with Gasteiger partial charge in [0.15, 0.2) is 0 Å². The summed E-state index contributed by atoms with van der Waals surface area (Å²) in [5.41, 5.74) is 6.78. The fourth-order valence-electron chi connectivity index (χ4n) is 1.67. The molecule has 0 saturated heterocycles. The summed E-state index contributed by atoms with van der Waals surface area (Å²) in [6.45, 7) is 0.450. The van der Waals surface area contributed by atoms with Crippen LogP contribution in [-0.2, 0) is 11.3 Å². The summed E-state index contributed by atoms with van der Waals surface area (Å²) in [5.74, 6) is 0.795. The largest absolute Gasteiger partial charge is 0.348 e. The number of hydrogen-bond acceptors (Lipinski definition) is 5. The Balaban J connectivity index is 0.00000200. The third-order valence-corrected chi connectivity index (χ3v) is 4.40. The summed E-state index contributed by atoms with van der Waals surface area (Å²) < 4.78 is 1.14.